The molecule has 70 heavy (non-hydrogen) atoms. The molecule has 0 aromatic carbocycles. The van der Waals surface area contributed by atoms with E-state index in [-0.39, 0.29) is 163 Å². The van der Waals surface area contributed by atoms with Crippen LogP contribution in [0.2, 0.25) is 0 Å². The number of carboxylic acids is 2. The molecule has 0 aromatic heterocycles. The number of carboxylic acid groups (broad SMARTS) is 2. The Morgan fingerprint density at radius 3 is 1.14 bits per heavy atom. The topological polar surface area (TPSA) is 250 Å². The number of carbonyl (C=O) groups excluding carboxylic acids is 10. The number of ketones is 8. The first-order chi connectivity index (χ1) is 31.4. The van der Waals surface area contributed by atoms with E-state index < -0.39 is 112 Å². The smallest absolute Gasteiger partial charge is 0.548 e. The van der Waals surface area contributed by atoms with Gasteiger partial charge in [0.1, 0.15) is 66.7 Å². The number of ether oxygens (including phenoxy) is 1. The van der Waals surface area contributed by atoms with Crippen molar-refractivity contribution >= 4 is 197 Å². The maximum absolute atomic E-state index is 12.5. The van der Waals surface area contributed by atoms with Crippen LogP contribution in [0.25, 0.3) is 0 Å². The van der Waals surface area contributed by atoms with Gasteiger partial charge in [0.2, 0.25) is 40.5 Å². The molecule has 4 aliphatic rings. The zero-order chi connectivity index (χ0) is 52.8. The van der Waals surface area contributed by atoms with Crippen LogP contribution in [0.3, 0.4) is 0 Å². The van der Waals surface area contributed by atoms with Gasteiger partial charge in [0.05, 0.1) is 35.7 Å². The van der Waals surface area contributed by atoms with Crippen molar-refractivity contribution < 1.29 is 166 Å². The SMILES string of the molecule is CC(C)CC(NC1=C(Cl)C(=O)C(NC(CC(C)C)C(=O)[O-])=C(Cl)C1=O)C(=O)[O-].CCCCCOC1=C(Cl)C(=O)C(Cl)=C(Cl)C1=O.O=C1C(Cl)=C(Cl)C(=O)C(Cl)=C1Cl.O=C1C=C(Cl)C(=O)C(Cl)=C1Cl.[K+].[K+]. The molecular weight excluding hydrogens is 1230 g/mol. The van der Waals surface area contributed by atoms with Gasteiger partial charge in [0.25, 0.3) is 0 Å². The summed E-state index contributed by atoms with van der Waals surface area (Å²) in [7, 11) is 0. The number of allylic oxidation sites excluding steroid dienone is 13. The van der Waals surface area contributed by atoms with Crippen LogP contribution in [-0.4, -0.2) is 76.9 Å². The van der Waals surface area contributed by atoms with Crippen molar-refractivity contribution in [2.24, 2.45) is 11.8 Å². The van der Waals surface area contributed by atoms with Gasteiger partial charge in [0.15, 0.2) is 11.5 Å². The second-order valence-corrected chi connectivity index (χ2v) is 19.1. The average Bonchev–Trinajstić information content (AvgIpc) is 3.28. The summed E-state index contributed by atoms with van der Waals surface area (Å²) in [5, 5.41) is 22.9. The van der Waals surface area contributed by atoms with Gasteiger partial charge >= 0.3 is 103 Å². The van der Waals surface area contributed by atoms with E-state index in [2.05, 4.69) is 10.6 Å². The first kappa shape index (κ1) is 72.4. The summed E-state index contributed by atoms with van der Waals surface area (Å²) in [4.78, 5) is 114. The Hall–Kier alpha value is 0.373. The zero-order valence-electron chi connectivity index (χ0n) is 37.5. The Bertz CT molecular complexity index is 2330. The third-order valence-electron chi connectivity index (χ3n) is 8.37. The van der Waals surface area contributed by atoms with Gasteiger partial charge in [-0.1, -0.05) is 187 Å². The van der Waals surface area contributed by atoms with E-state index in [1.54, 1.807) is 27.7 Å². The quantitative estimate of drug-likeness (QED) is 0.134. The Labute approximate surface area is 546 Å². The van der Waals surface area contributed by atoms with Gasteiger partial charge in [-0.25, -0.2) is 0 Å². The molecule has 0 fully saturated rings. The fourth-order valence-electron chi connectivity index (χ4n) is 5.02. The fourth-order valence-corrected chi connectivity index (χ4v) is 7.52. The van der Waals surface area contributed by atoms with Gasteiger partial charge in [-0.15, -0.1) is 0 Å². The molecule has 0 heterocycles. The maximum atomic E-state index is 12.5. The predicted molar refractivity (Wildman–Crippen MR) is 256 cm³/mol. The molecule has 0 radical (unpaired) electrons. The van der Waals surface area contributed by atoms with Crippen molar-refractivity contribution in [3.8, 4) is 0 Å². The van der Waals surface area contributed by atoms with E-state index in [1.807, 2.05) is 6.92 Å². The molecule has 372 valence electrons. The molecule has 2 unspecified atom stereocenters. The summed E-state index contributed by atoms with van der Waals surface area (Å²) in [6.45, 7) is 9.44. The summed E-state index contributed by atoms with van der Waals surface area (Å²) in [5.74, 6) is -9.02. The molecule has 29 heteroatoms. The molecule has 2 N–H and O–H groups in total. The average molecular weight is 1270 g/mol. The van der Waals surface area contributed by atoms with Gasteiger partial charge in [-0.3, -0.25) is 38.4 Å². The van der Waals surface area contributed by atoms with E-state index in [1.165, 1.54) is 0 Å². The van der Waals surface area contributed by atoms with Crippen molar-refractivity contribution in [2.75, 3.05) is 6.61 Å². The zero-order valence-corrected chi connectivity index (χ0v) is 52.8. The minimum Gasteiger partial charge on any atom is -0.548 e. The van der Waals surface area contributed by atoms with Crippen LogP contribution in [0.4, 0.5) is 0 Å². The Kier molecular flexibility index (Phi) is 35.4. The normalized spacial score (nSPS) is 17.3. The van der Waals surface area contributed by atoms with Crippen LogP contribution in [-0.2, 0) is 52.7 Å². The number of Topliss-reactive ketones (excluding diaryl/α,β-unsaturated/α-hetero) is 7. The Balaban J connectivity index is 0. The number of nitrogens with one attached hydrogen (secondary N) is 2. The van der Waals surface area contributed by atoms with E-state index >= 15 is 0 Å². The van der Waals surface area contributed by atoms with E-state index in [0.29, 0.717) is 6.61 Å². The monoisotopic (exact) mass is 1260 g/mol. The molecule has 0 amide bonds. The number of unbranched alkanes of at least 4 members (excludes halogenated alkanes) is 2. The van der Waals surface area contributed by atoms with Crippen LogP contribution in [0, 0.1) is 11.8 Å². The van der Waals surface area contributed by atoms with Crippen LogP contribution in [0.15, 0.2) is 83.6 Å². The minimum absolute atomic E-state index is 0. The van der Waals surface area contributed by atoms with Crippen LogP contribution in [0.5, 0.6) is 0 Å². The minimum atomic E-state index is -1.47. The predicted octanol–water partition coefficient (Wildman–Crippen LogP) is 1.51. The molecule has 0 aromatic rings. The number of carbonyl (C=O) groups is 10. The van der Waals surface area contributed by atoms with Gasteiger partial charge in [0, 0.05) is 6.08 Å². The van der Waals surface area contributed by atoms with E-state index in [4.69, 9.17) is 144 Å². The molecular formula is C41H34Cl12K2N2O13. The Morgan fingerprint density at radius 1 is 0.486 bits per heavy atom. The van der Waals surface area contributed by atoms with Crippen LogP contribution < -0.4 is 124 Å². The second kappa shape index (κ2) is 34.2. The molecule has 4 aliphatic carbocycles. The third kappa shape index (κ3) is 20.7. The van der Waals surface area contributed by atoms with Crippen LogP contribution in [0.1, 0.15) is 66.7 Å². The molecule has 2 atom stereocenters. The van der Waals surface area contributed by atoms with Crippen LogP contribution >= 0.6 is 139 Å². The molecule has 0 aliphatic heterocycles. The van der Waals surface area contributed by atoms with E-state index in [9.17, 15) is 58.2 Å². The molecule has 0 saturated carbocycles. The van der Waals surface area contributed by atoms with E-state index in [0.717, 1.165) is 25.3 Å². The summed E-state index contributed by atoms with van der Waals surface area (Å²) in [5.41, 5.74) is -0.933. The largest absolute Gasteiger partial charge is 1.00 e. The maximum Gasteiger partial charge on any atom is 1.00 e. The summed E-state index contributed by atoms with van der Waals surface area (Å²) in [6, 6.07) is -2.53. The summed E-state index contributed by atoms with van der Waals surface area (Å²) >= 11 is 66.4. The summed E-state index contributed by atoms with van der Waals surface area (Å²) < 4.78 is 5.20. The van der Waals surface area contributed by atoms with Crippen molar-refractivity contribution in [3.05, 3.63) is 83.6 Å². The molecule has 0 saturated heterocycles. The standard InChI is InChI=1S/C18H24Cl2N2O6.C11H11Cl3O3.C6Cl4O2.C6HCl3O2.2K/c1-7(2)5-9(17(25)26)21-13-11(19)16(24)14(12(20)15(13)23)22-10(18(27)28)6-8(3)4;1-2-3-4-5-17-11-8(14)9(15)6(12)7(13)10(11)16;7-1-2(8)6(12)4(10)3(9)5(1)11;7-2-1-3(10)4(8)5(9)6(2)11;;/h7-10,21-22H,5-6H2,1-4H3,(H,25,26)(H,27,28);2-5H2,1H3;;1H;;/q;;;;2*+1/p-2. The molecule has 15 nitrogen and oxygen atoms in total. The number of halogens is 12. The second-order valence-electron chi connectivity index (χ2n) is 14.5. The number of aliphatic carboxylic acids is 2. The van der Waals surface area contributed by atoms with Crippen molar-refractivity contribution in [1.82, 2.24) is 10.6 Å². The number of hydrogen-bond donors (Lipinski definition) is 2. The molecule has 4 rings (SSSR count). The number of rotatable bonds is 15. The summed E-state index contributed by atoms with van der Waals surface area (Å²) in [6.07, 6.45) is 3.95. The molecule has 0 bridgehead atoms. The van der Waals surface area contributed by atoms with Crippen molar-refractivity contribution in [2.45, 2.75) is 78.8 Å². The van der Waals surface area contributed by atoms with Gasteiger partial charge in [-0.2, -0.15) is 0 Å². The third-order valence-corrected chi connectivity index (χ3v) is 13.0. The first-order valence-corrected chi connectivity index (χ1v) is 23.6. The fraction of sp³-hybridized carbons (Fsp3) is 0.366. The Morgan fingerprint density at radius 2 is 0.814 bits per heavy atom. The molecule has 0 spiro atoms. The van der Waals surface area contributed by atoms with Gasteiger partial charge in [-0.05, 0) is 31.1 Å². The van der Waals surface area contributed by atoms with Crippen molar-refractivity contribution in [3.63, 3.8) is 0 Å². The first-order valence-electron chi connectivity index (χ1n) is 19.1. The number of hydrogen-bond acceptors (Lipinski definition) is 15. The van der Waals surface area contributed by atoms with Crippen molar-refractivity contribution in [1.29, 1.82) is 0 Å². The van der Waals surface area contributed by atoms with Gasteiger partial charge < -0.3 is 35.2 Å².